The van der Waals surface area contributed by atoms with E-state index >= 15 is 0 Å². The van der Waals surface area contributed by atoms with E-state index in [0.29, 0.717) is 5.92 Å². The van der Waals surface area contributed by atoms with Gasteiger partial charge in [0, 0.05) is 6.54 Å². The molecule has 0 aromatic heterocycles. The van der Waals surface area contributed by atoms with Crippen LogP contribution in [-0.4, -0.2) is 18.6 Å². The monoisotopic (exact) mass is 305 g/mol. The summed E-state index contributed by atoms with van der Waals surface area (Å²) in [5.74, 6) is 1.33. The summed E-state index contributed by atoms with van der Waals surface area (Å²) < 4.78 is 5.82. The molecule has 22 heavy (non-hydrogen) atoms. The Hall–Kier alpha value is -1.51. The van der Waals surface area contributed by atoms with E-state index in [2.05, 4.69) is 19.2 Å². The maximum Gasteiger partial charge on any atom is 0.260 e. The van der Waals surface area contributed by atoms with Crippen LogP contribution in [0.15, 0.2) is 18.2 Å². The van der Waals surface area contributed by atoms with Gasteiger partial charge >= 0.3 is 0 Å². The van der Waals surface area contributed by atoms with Crippen molar-refractivity contribution in [3.8, 4) is 5.75 Å². The minimum absolute atomic E-state index is 0.0316. The molecule has 2 atom stereocenters. The molecule has 1 aromatic rings. The zero-order chi connectivity index (χ0) is 16.5. The topological polar surface area (TPSA) is 38.3 Å². The maximum absolute atomic E-state index is 12.2. The third kappa shape index (κ3) is 5.70. The lowest BCUT2D eigenvalue weighted by atomic mass is 9.99. The van der Waals surface area contributed by atoms with Crippen LogP contribution in [0, 0.1) is 19.8 Å². The van der Waals surface area contributed by atoms with Crippen molar-refractivity contribution >= 4 is 5.91 Å². The fourth-order valence-corrected chi connectivity index (χ4v) is 2.43. The fourth-order valence-electron chi connectivity index (χ4n) is 2.43. The van der Waals surface area contributed by atoms with Gasteiger partial charge in [0.25, 0.3) is 5.91 Å². The van der Waals surface area contributed by atoms with Gasteiger partial charge in [0.15, 0.2) is 6.10 Å². The predicted molar refractivity (Wildman–Crippen MR) is 92.3 cm³/mol. The van der Waals surface area contributed by atoms with Gasteiger partial charge in [0.2, 0.25) is 0 Å². The summed E-state index contributed by atoms with van der Waals surface area (Å²) in [5.41, 5.74) is 2.27. The molecule has 3 heteroatoms. The molecule has 0 aliphatic carbocycles. The number of hydrogen-bond acceptors (Lipinski definition) is 2. The molecule has 1 N–H and O–H groups in total. The summed E-state index contributed by atoms with van der Waals surface area (Å²) in [5, 5.41) is 3.03. The number of benzene rings is 1. The average molecular weight is 305 g/mol. The van der Waals surface area contributed by atoms with Crippen LogP contribution in [0.1, 0.15) is 57.6 Å². The second kappa shape index (κ2) is 9.50. The summed E-state index contributed by atoms with van der Waals surface area (Å²) in [4.78, 5) is 12.2. The SMILES string of the molecule is CCCCC(CC)CNC(=O)C(C)Oc1cccc(C)c1C. The fraction of sp³-hybridized carbons (Fsp3) is 0.632. The van der Waals surface area contributed by atoms with Crippen LogP contribution in [0.5, 0.6) is 5.75 Å². The van der Waals surface area contributed by atoms with Crippen molar-refractivity contribution < 1.29 is 9.53 Å². The number of ether oxygens (including phenoxy) is 1. The van der Waals surface area contributed by atoms with Crippen LogP contribution in [-0.2, 0) is 4.79 Å². The van der Waals surface area contributed by atoms with E-state index in [0.717, 1.165) is 24.3 Å². The Labute approximate surface area is 135 Å². The van der Waals surface area contributed by atoms with Gasteiger partial charge in [-0.15, -0.1) is 0 Å². The minimum Gasteiger partial charge on any atom is -0.481 e. The molecule has 2 unspecified atom stereocenters. The summed E-state index contributed by atoms with van der Waals surface area (Å²) in [7, 11) is 0. The molecule has 124 valence electrons. The van der Waals surface area contributed by atoms with Crippen molar-refractivity contribution in [3.63, 3.8) is 0 Å². The van der Waals surface area contributed by atoms with Crippen molar-refractivity contribution in [2.75, 3.05) is 6.54 Å². The highest BCUT2D eigenvalue weighted by Gasteiger charge is 2.17. The molecule has 0 saturated heterocycles. The Morgan fingerprint density at radius 3 is 2.64 bits per heavy atom. The van der Waals surface area contributed by atoms with Gasteiger partial charge in [-0.3, -0.25) is 4.79 Å². The molecule has 0 spiro atoms. The number of rotatable bonds is 9. The van der Waals surface area contributed by atoms with Crippen LogP contribution >= 0.6 is 0 Å². The number of unbranched alkanes of at least 4 members (excludes halogenated alkanes) is 1. The molecule has 1 amide bonds. The molecular weight excluding hydrogens is 274 g/mol. The zero-order valence-corrected chi connectivity index (χ0v) is 14.7. The van der Waals surface area contributed by atoms with Crippen molar-refractivity contribution in [2.45, 2.75) is 66.4 Å². The third-order valence-corrected chi connectivity index (χ3v) is 4.34. The maximum atomic E-state index is 12.2. The number of amides is 1. The lowest BCUT2D eigenvalue weighted by molar-refractivity contribution is -0.127. The van der Waals surface area contributed by atoms with E-state index in [1.54, 1.807) is 0 Å². The zero-order valence-electron chi connectivity index (χ0n) is 14.7. The highest BCUT2D eigenvalue weighted by molar-refractivity contribution is 5.80. The molecule has 3 nitrogen and oxygen atoms in total. The molecule has 0 saturated carbocycles. The van der Waals surface area contributed by atoms with Crippen LogP contribution in [0.4, 0.5) is 0 Å². The molecule has 0 aliphatic rings. The summed E-state index contributed by atoms with van der Waals surface area (Å²) >= 11 is 0. The standard InChI is InChI=1S/C19H31NO2/c1-6-8-11-17(7-2)13-20-19(21)16(5)22-18-12-9-10-14(3)15(18)4/h9-10,12,16-17H,6-8,11,13H2,1-5H3,(H,20,21). The Kier molecular flexibility index (Phi) is 8.00. The summed E-state index contributed by atoms with van der Waals surface area (Å²) in [6, 6.07) is 5.93. The van der Waals surface area contributed by atoms with Gasteiger partial charge in [-0.1, -0.05) is 45.2 Å². The smallest absolute Gasteiger partial charge is 0.260 e. The summed E-state index contributed by atoms with van der Waals surface area (Å²) in [6.45, 7) is 11.0. The lowest BCUT2D eigenvalue weighted by Gasteiger charge is -2.19. The number of carbonyl (C=O) groups is 1. The van der Waals surface area contributed by atoms with E-state index in [1.165, 1.54) is 24.8 Å². The first kappa shape index (κ1) is 18.5. The highest BCUT2D eigenvalue weighted by atomic mass is 16.5. The normalized spacial score (nSPS) is 13.5. The van der Waals surface area contributed by atoms with Gasteiger partial charge in [-0.2, -0.15) is 0 Å². The Morgan fingerprint density at radius 2 is 2.00 bits per heavy atom. The molecule has 0 aliphatic heterocycles. The molecule has 0 fully saturated rings. The molecule has 0 radical (unpaired) electrons. The highest BCUT2D eigenvalue weighted by Crippen LogP contribution is 2.21. The van der Waals surface area contributed by atoms with Crippen molar-refractivity contribution in [2.24, 2.45) is 5.92 Å². The van der Waals surface area contributed by atoms with Crippen LogP contribution in [0.25, 0.3) is 0 Å². The molecule has 0 bridgehead atoms. The van der Waals surface area contributed by atoms with E-state index in [1.807, 2.05) is 39.0 Å². The Bertz CT molecular complexity index is 471. The largest absolute Gasteiger partial charge is 0.481 e. The van der Waals surface area contributed by atoms with Gasteiger partial charge in [0.1, 0.15) is 5.75 Å². The lowest BCUT2D eigenvalue weighted by Crippen LogP contribution is -2.39. The number of aryl methyl sites for hydroxylation is 1. The molecule has 1 rings (SSSR count). The van der Waals surface area contributed by atoms with E-state index in [-0.39, 0.29) is 5.91 Å². The molecule has 0 heterocycles. The molecule has 1 aromatic carbocycles. The first-order valence-corrected chi connectivity index (χ1v) is 8.50. The third-order valence-electron chi connectivity index (χ3n) is 4.34. The predicted octanol–water partition coefficient (Wildman–Crippen LogP) is 4.40. The van der Waals surface area contributed by atoms with Crippen molar-refractivity contribution in [1.29, 1.82) is 0 Å². The number of nitrogens with one attached hydrogen (secondary N) is 1. The first-order valence-electron chi connectivity index (χ1n) is 8.50. The molecular formula is C19H31NO2. The second-order valence-corrected chi connectivity index (χ2v) is 6.12. The van der Waals surface area contributed by atoms with Gasteiger partial charge in [0.05, 0.1) is 0 Å². The van der Waals surface area contributed by atoms with Crippen molar-refractivity contribution in [3.05, 3.63) is 29.3 Å². The first-order chi connectivity index (χ1) is 10.5. The number of carbonyl (C=O) groups excluding carboxylic acids is 1. The van der Waals surface area contributed by atoms with E-state index in [4.69, 9.17) is 4.74 Å². The minimum atomic E-state index is -0.468. The average Bonchev–Trinajstić information content (AvgIpc) is 2.51. The van der Waals surface area contributed by atoms with Gasteiger partial charge in [-0.25, -0.2) is 0 Å². The van der Waals surface area contributed by atoms with E-state index in [9.17, 15) is 4.79 Å². The number of hydrogen-bond donors (Lipinski definition) is 1. The van der Waals surface area contributed by atoms with Crippen LogP contribution < -0.4 is 10.1 Å². The van der Waals surface area contributed by atoms with Crippen molar-refractivity contribution in [1.82, 2.24) is 5.32 Å². The van der Waals surface area contributed by atoms with Gasteiger partial charge in [-0.05, 0) is 50.3 Å². The van der Waals surface area contributed by atoms with Crippen LogP contribution in [0.3, 0.4) is 0 Å². The quantitative estimate of drug-likeness (QED) is 0.734. The second-order valence-electron chi connectivity index (χ2n) is 6.12. The van der Waals surface area contributed by atoms with Gasteiger partial charge < -0.3 is 10.1 Å². The summed E-state index contributed by atoms with van der Waals surface area (Å²) in [6.07, 6.45) is 4.25. The van der Waals surface area contributed by atoms with E-state index < -0.39 is 6.10 Å². The van der Waals surface area contributed by atoms with Crippen LogP contribution in [0.2, 0.25) is 0 Å². The Morgan fingerprint density at radius 1 is 1.27 bits per heavy atom. The Balaban J connectivity index is 2.49.